The molecule has 0 spiro atoms. The first-order chi connectivity index (χ1) is 18.6. The van der Waals surface area contributed by atoms with Crippen LogP contribution in [-0.2, 0) is 19.1 Å². The van der Waals surface area contributed by atoms with Crippen LogP contribution < -0.4 is 15.5 Å². The van der Waals surface area contributed by atoms with Crippen molar-refractivity contribution in [2.24, 2.45) is 0 Å². The van der Waals surface area contributed by atoms with Gasteiger partial charge >= 0.3 is 11.9 Å². The second-order valence-electron chi connectivity index (χ2n) is 9.16. The van der Waals surface area contributed by atoms with Gasteiger partial charge in [-0.15, -0.1) is 0 Å². The molecule has 10 heteroatoms. The summed E-state index contributed by atoms with van der Waals surface area (Å²) >= 11 is 0. The quantitative estimate of drug-likeness (QED) is 0.285. The molecule has 3 aromatic rings. The summed E-state index contributed by atoms with van der Waals surface area (Å²) in [6.45, 7) is -0.470. The molecule has 0 aromatic heterocycles. The fraction of sp³-hybridized carbons (Fsp3) is 0.172. The molecule has 0 radical (unpaired) electrons. The van der Waals surface area contributed by atoms with E-state index in [2.05, 4.69) is 10.6 Å². The number of aliphatic carboxylic acids is 1. The van der Waals surface area contributed by atoms with Crippen LogP contribution in [0.4, 0.5) is 17.1 Å². The summed E-state index contributed by atoms with van der Waals surface area (Å²) in [4.78, 5) is 51.9. The third-order valence-electron chi connectivity index (χ3n) is 5.99. The number of anilines is 3. The Morgan fingerprint density at radius 2 is 1.62 bits per heavy atom. The minimum Gasteiger partial charge on any atom is -0.479 e. The van der Waals surface area contributed by atoms with Gasteiger partial charge in [0, 0.05) is 24.0 Å². The lowest BCUT2D eigenvalue weighted by molar-refractivity contribution is -0.140. The summed E-state index contributed by atoms with van der Waals surface area (Å²) in [7, 11) is 5.39. The third kappa shape index (κ3) is 6.31. The first-order valence-corrected chi connectivity index (χ1v) is 12.1. The van der Waals surface area contributed by atoms with E-state index >= 15 is 0 Å². The smallest absolute Gasteiger partial charge is 0.341 e. The Hall–Kier alpha value is -4.96. The minimum atomic E-state index is -1.26. The number of ether oxygens (including phenoxy) is 1. The van der Waals surface area contributed by atoms with Crippen molar-refractivity contribution in [3.05, 3.63) is 89.5 Å². The van der Waals surface area contributed by atoms with Gasteiger partial charge in [-0.2, -0.15) is 0 Å². The zero-order chi connectivity index (χ0) is 28.1. The molecule has 4 rings (SSSR count). The number of carboxylic acid groups (broad SMARTS) is 1. The van der Waals surface area contributed by atoms with Crippen LogP contribution in [0.15, 0.2) is 72.8 Å². The lowest BCUT2D eigenvalue weighted by atomic mass is 9.99. The molecule has 0 saturated heterocycles. The van der Waals surface area contributed by atoms with E-state index in [1.807, 2.05) is 68.7 Å². The number of nitrogens with zero attached hydrogens (tertiary/aromatic N) is 2. The highest BCUT2D eigenvalue weighted by Crippen LogP contribution is 2.38. The number of amides is 2. The van der Waals surface area contributed by atoms with Gasteiger partial charge in [0.05, 0.1) is 29.1 Å². The van der Waals surface area contributed by atoms with Crippen molar-refractivity contribution in [2.75, 3.05) is 49.8 Å². The molecule has 2 amide bonds. The number of carbonyl (C=O) groups is 4. The van der Waals surface area contributed by atoms with Crippen LogP contribution in [0.25, 0.3) is 11.3 Å². The van der Waals surface area contributed by atoms with E-state index in [9.17, 15) is 19.2 Å². The van der Waals surface area contributed by atoms with Gasteiger partial charge in [0.1, 0.15) is 0 Å². The van der Waals surface area contributed by atoms with Gasteiger partial charge in [-0.1, -0.05) is 36.4 Å². The number of hydrogen-bond acceptors (Lipinski definition) is 7. The maximum atomic E-state index is 13.2. The van der Waals surface area contributed by atoms with Crippen molar-refractivity contribution in [2.45, 2.75) is 0 Å². The normalized spacial score (nSPS) is 13.4. The highest BCUT2D eigenvalue weighted by molar-refractivity contribution is 6.37. The SMILES string of the molecule is CN(C)CC(=O)N(C)c1ccc(NC(=C2C(=O)Nc3cc(C(=O)OCC(=O)O)ccc32)c2ccccc2)cc1. The van der Waals surface area contributed by atoms with Crippen LogP contribution in [-0.4, -0.2) is 68.1 Å². The highest BCUT2D eigenvalue weighted by atomic mass is 16.5. The van der Waals surface area contributed by atoms with Gasteiger partial charge in [0.2, 0.25) is 5.91 Å². The van der Waals surface area contributed by atoms with Gasteiger partial charge in [0.15, 0.2) is 6.61 Å². The molecule has 3 aromatic carbocycles. The van der Waals surface area contributed by atoms with Gasteiger partial charge in [-0.3, -0.25) is 9.59 Å². The molecular formula is C29H28N4O6. The molecule has 39 heavy (non-hydrogen) atoms. The van der Waals surface area contributed by atoms with Gasteiger partial charge in [-0.25, -0.2) is 9.59 Å². The summed E-state index contributed by atoms with van der Waals surface area (Å²) in [5.41, 5.74) is 4.23. The number of carboxylic acids is 1. The average Bonchev–Trinajstić information content (AvgIpc) is 3.25. The van der Waals surface area contributed by atoms with E-state index in [0.29, 0.717) is 28.2 Å². The standard InChI is InChI=1S/C29H28N4O6/c1-32(2)16-24(34)33(3)21-12-10-20(11-13-21)30-27(18-7-5-4-6-8-18)26-22-14-9-19(15-23(22)31-28(26)37)29(38)39-17-25(35)36/h4-15,30H,16-17H2,1-3H3,(H,31,37)(H,35,36). The van der Waals surface area contributed by atoms with Crippen LogP contribution in [0.1, 0.15) is 21.5 Å². The number of nitrogens with one attached hydrogen (secondary N) is 2. The fourth-order valence-corrected chi connectivity index (χ4v) is 4.08. The summed E-state index contributed by atoms with van der Waals surface area (Å²) in [6, 6.07) is 21.2. The number of likely N-dealkylation sites (N-methyl/N-ethyl adjacent to an activating group) is 2. The zero-order valence-electron chi connectivity index (χ0n) is 21.7. The maximum Gasteiger partial charge on any atom is 0.341 e. The number of benzene rings is 3. The van der Waals surface area contributed by atoms with Gasteiger partial charge in [-0.05, 0) is 56.1 Å². The maximum absolute atomic E-state index is 13.2. The Bertz CT molecular complexity index is 1450. The molecule has 3 N–H and O–H groups in total. The molecule has 10 nitrogen and oxygen atoms in total. The monoisotopic (exact) mass is 528 g/mol. The van der Waals surface area contributed by atoms with Crippen molar-refractivity contribution < 1.29 is 29.0 Å². The van der Waals surface area contributed by atoms with Crippen LogP contribution in [0.2, 0.25) is 0 Å². The van der Waals surface area contributed by atoms with Crippen molar-refractivity contribution in [1.82, 2.24) is 4.90 Å². The molecule has 1 heterocycles. The second kappa shape index (κ2) is 11.6. The first-order valence-electron chi connectivity index (χ1n) is 12.1. The molecule has 0 unspecified atom stereocenters. The molecule has 0 fully saturated rings. The Morgan fingerprint density at radius 1 is 0.923 bits per heavy atom. The van der Waals surface area contributed by atoms with Crippen molar-refractivity contribution >= 4 is 52.1 Å². The number of carbonyl (C=O) groups excluding carboxylic acids is 3. The second-order valence-corrected chi connectivity index (χ2v) is 9.16. The molecule has 1 aliphatic heterocycles. The minimum absolute atomic E-state index is 0.0433. The predicted octanol–water partition coefficient (Wildman–Crippen LogP) is 3.38. The van der Waals surface area contributed by atoms with Crippen LogP contribution in [0.5, 0.6) is 0 Å². The Balaban J connectivity index is 1.68. The van der Waals surface area contributed by atoms with E-state index in [-0.39, 0.29) is 23.9 Å². The number of fused-ring (bicyclic) bond motifs is 1. The number of hydrogen-bond donors (Lipinski definition) is 3. The lowest BCUT2D eigenvalue weighted by Crippen LogP contribution is -2.34. The van der Waals surface area contributed by atoms with E-state index < -0.39 is 18.5 Å². The average molecular weight is 529 g/mol. The number of esters is 1. The zero-order valence-corrected chi connectivity index (χ0v) is 21.7. The van der Waals surface area contributed by atoms with E-state index in [4.69, 9.17) is 9.84 Å². The van der Waals surface area contributed by atoms with Crippen molar-refractivity contribution in [1.29, 1.82) is 0 Å². The molecule has 1 aliphatic rings. The molecular weight excluding hydrogens is 500 g/mol. The molecule has 200 valence electrons. The van der Waals surface area contributed by atoms with Gasteiger partial charge in [0.25, 0.3) is 5.91 Å². The van der Waals surface area contributed by atoms with E-state index in [1.165, 1.54) is 12.1 Å². The molecule has 0 bridgehead atoms. The van der Waals surface area contributed by atoms with Crippen LogP contribution in [0.3, 0.4) is 0 Å². The van der Waals surface area contributed by atoms with Gasteiger partial charge < -0.3 is 30.3 Å². The first kappa shape index (κ1) is 27.1. The van der Waals surface area contributed by atoms with Crippen molar-refractivity contribution in [3.63, 3.8) is 0 Å². The Morgan fingerprint density at radius 3 is 2.26 bits per heavy atom. The van der Waals surface area contributed by atoms with Crippen LogP contribution in [0, 0.1) is 0 Å². The van der Waals surface area contributed by atoms with E-state index in [0.717, 1.165) is 11.3 Å². The molecule has 0 atom stereocenters. The van der Waals surface area contributed by atoms with E-state index in [1.54, 1.807) is 22.9 Å². The topological polar surface area (TPSA) is 128 Å². The summed E-state index contributed by atoms with van der Waals surface area (Å²) in [6.07, 6.45) is 0. The Kier molecular flexibility index (Phi) is 8.07. The largest absolute Gasteiger partial charge is 0.479 e. The third-order valence-corrected chi connectivity index (χ3v) is 5.99. The fourth-order valence-electron chi connectivity index (χ4n) is 4.08. The summed E-state index contributed by atoms with van der Waals surface area (Å²) in [5, 5.41) is 14.9. The summed E-state index contributed by atoms with van der Waals surface area (Å²) < 4.78 is 4.76. The molecule has 0 saturated carbocycles. The lowest BCUT2D eigenvalue weighted by Gasteiger charge is -2.20. The Labute approximate surface area is 225 Å². The predicted molar refractivity (Wildman–Crippen MR) is 148 cm³/mol. The van der Waals surface area contributed by atoms with Crippen molar-refractivity contribution in [3.8, 4) is 0 Å². The summed E-state index contributed by atoms with van der Waals surface area (Å²) in [5.74, 6) is -2.47. The molecule has 0 aliphatic carbocycles. The number of rotatable bonds is 9. The highest BCUT2D eigenvalue weighted by Gasteiger charge is 2.29. The van der Waals surface area contributed by atoms with Crippen LogP contribution >= 0.6 is 0 Å².